The lowest BCUT2D eigenvalue weighted by Gasteiger charge is -2.37. The first-order valence-electron chi connectivity index (χ1n) is 7.89. The van der Waals surface area contributed by atoms with E-state index in [0.29, 0.717) is 17.1 Å². The third-order valence-corrected chi connectivity index (χ3v) is 4.57. The Morgan fingerprint density at radius 2 is 2.04 bits per heavy atom. The lowest BCUT2D eigenvalue weighted by molar-refractivity contribution is 0.0906. The maximum Gasteiger partial charge on any atom is 0.257 e. The van der Waals surface area contributed by atoms with Crippen LogP contribution in [0.2, 0.25) is 0 Å². The van der Waals surface area contributed by atoms with Crippen molar-refractivity contribution in [2.24, 2.45) is 0 Å². The van der Waals surface area contributed by atoms with Gasteiger partial charge in [0.2, 0.25) is 0 Å². The van der Waals surface area contributed by atoms with Gasteiger partial charge in [0.1, 0.15) is 5.56 Å². The summed E-state index contributed by atoms with van der Waals surface area (Å²) in [4.78, 5) is 17.0. The predicted octanol–water partition coefficient (Wildman–Crippen LogP) is 2.71. The van der Waals surface area contributed by atoms with Crippen LogP contribution in [0.1, 0.15) is 40.4 Å². The Morgan fingerprint density at radius 1 is 1.22 bits per heavy atom. The number of nitrogens with zero attached hydrogens (tertiary/aromatic N) is 3. The van der Waals surface area contributed by atoms with Crippen molar-refractivity contribution < 1.29 is 4.79 Å². The average Bonchev–Trinajstić information content (AvgIpc) is 2.95. The number of hydrogen-bond acceptors (Lipinski definition) is 3. The van der Waals surface area contributed by atoms with Crippen molar-refractivity contribution in [2.45, 2.75) is 31.7 Å². The van der Waals surface area contributed by atoms with E-state index in [1.54, 1.807) is 10.7 Å². The molecule has 116 valence electrons. The Kier molecular flexibility index (Phi) is 3.33. The molecule has 1 aromatic carbocycles. The number of rotatable bonds is 3. The summed E-state index contributed by atoms with van der Waals surface area (Å²) in [6.07, 6.45) is 5.54. The fourth-order valence-corrected chi connectivity index (χ4v) is 3.14. The van der Waals surface area contributed by atoms with Crippen molar-refractivity contribution in [3.05, 3.63) is 65.6 Å². The quantitative estimate of drug-likeness (QED) is 0.809. The molecule has 0 bridgehead atoms. The van der Waals surface area contributed by atoms with E-state index in [4.69, 9.17) is 0 Å². The largest absolute Gasteiger partial charge is 0.349 e. The first-order valence-corrected chi connectivity index (χ1v) is 7.89. The molecule has 23 heavy (non-hydrogen) atoms. The topological polar surface area (TPSA) is 59.3 Å². The van der Waals surface area contributed by atoms with Gasteiger partial charge in [-0.25, -0.2) is 9.50 Å². The highest BCUT2D eigenvalue weighted by Crippen LogP contribution is 2.36. The molecule has 0 radical (unpaired) electrons. The maximum atomic E-state index is 12.6. The second kappa shape index (κ2) is 5.50. The third-order valence-electron chi connectivity index (χ3n) is 4.57. The molecule has 1 amide bonds. The van der Waals surface area contributed by atoms with Crippen molar-refractivity contribution in [3.63, 3.8) is 0 Å². The number of aryl methyl sites for hydroxylation is 1. The molecule has 1 aliphatic carbocycles. The fraction of sp³-hybridized carbons (Fsp3) is 0.278. The van der Waals surface area contributed by atoms with Crippen LogP contribution < -0.4 is 5.32 Å². The monoisotopic (exact) mass is 306 g/mol. The van der Waals surface area contributed by atoms with Crippen LogP contribution in [0.5, 0.6) is 0 Å². The van der Waals surface area contributed by atoms with Gasteiger partial charge in [0.25, 0.3) is 5.91 Å². The summed E-state index contributed by atoms with van der Waals surface area (Å²) < 4.78 is 1.64. The number of aromatic nitrogens is 3. The first kappa shape index (κ1) is 13.9. The Balaban J connectivity index is 1.54. The molecule has 0 unspecified atom stereocenters. The zero-order chi connectivity index (χ0) is 15.8. The summed E-state index contributed by atoms with van der Waals surface area (Å²) in [5.74, 6) is 0.306. The van der Waals surface area contributed by atoms with Gasteiger partial charge >= 0.3 is 0 Å². The zero-order valence-electron chi connectivity index (χ0n) is 12.9. The SMILES string of the molecule is Cc1ccn2ncc(C(=O)N[C@H]3CC[C@H]3c3ccccc3)c2n1. The van der Waals surface area contributed by atoms with Gasteiger partial charge in [0.15, 0.2) is 5.65 Å². The standard InChI is InChI=1S/C18H18N4O/c1-12-9-10-22-17(20-12)15(11-19-22)18(23)21-16-8-7-14(16)13-5-3-2-4-6-13/h2-6,9-11,14,16H,7-8H2,1H3,(H,21,23)/t14-,16-/m0/s1. The molecule has 4 rings (SSSR count). The smallest absolute Gasteiger partial charge is 0.257 e. The van der Waals surface area contributed by atoms with Gasteiger partial charge in [-0.3, -0.25) is 4.79 Å². The lowest BCUT2D eigenvalue weighted by atomic mass is 9.75. The molecule has 1 N–H and O–H groups in total. The number of carbonyl (C=O) groups is 1. The van der Waals surface area contributed by atoms with Gasteiger partial charge in [0.05, 0.1) is 6.20 Å². The number of benzene rings is 1. The molecule has 2 atom stereocenters. The molecule has 5 heteroatoms. The molecule has 0 saturated heterocycles. The van der Waals surface area contributed by atoms with Gasteiger partial charge in [-0.2, -0.15) is 5.10 Å². The highest BCUT2D eigenvalue weighted by molar-refractivity contribution is 5.99. The molecule has 2 heterocycles. The molecule has 1 saturated carbocycles. The Hall–Kier alpha value is -2.69. The third kappa shape index (κ3) is 2.48. The fourth-order valence-electron chi connectivity index (χ4n) is 3.14. The van der Waals surface area contributed by atoms with E-state index < -0.39 is 0 Å². The maximum absolute atomic E-state index is 12.6. The van der Waals surface area contributed by atoms with Gasteiger partial charge in [-0.1, -0.05) is 30.3 Å². The minimum absolute atomic E-state index is 0.0938. The normalized spacial score (nSPS) is 20.2. The van der Waals surface area contributed by atoms with Crippen LogP contribution >= 0.6 is 0 Å². The second-order valence-electron chi connectivity index (χ2n) is 6.07. The molecule has 2 aromatic heterocycles. The molecule has 0 spiro atoms. The molecular weight excluding hydrogens is 288 g/mol. The van der Waals surface area contributed by atoms with Gasteiger partial charge in [0, 0.05) is 23.9 Å². The van der Waals surface area contributed by atoms with E-state index in [1.807, 2.05) is 37.4 Å². The van der Waals surface area contributed by atoms with E-state index in [-0.39, 0.29) is 11.9 Å². The van der Waals surface area contributed by atoms with Crippen LogP contribution in [0.15, 0.2) is 48.8 Å². The van der Waals surface area contributed by atoms with Gasteiger partial charge < -0.3 is 5.32 Å². The van der Waals surface area contributed by atoms with Crippen LogP contribution in [0.4, 0.5) is 0 Å². The van der Waals surface area contributed by atoms with Crippen LogP contribution in [-0.4, -0.2) is 26.5 Å². The van der Waals surface area contributed by atoms with E-state index in [1.165, 1.54) is 5.56 Å². The Bertz CT molecular complexity index is 856. The first-order chi connectivity index (χ1) is 11.2. The average molecular weight is 306 g/mol. The highest BCUT2D eigenvalue weighted by Gasteiger charge is 2.33. The summed E-state index contributed by atoms with van der Waals surface area (Å²) in [6.45, 7) is 1.91. The summed E-state index contributed by atoms with van der Waals surface area (Å²) >= 11 is 0. The molecule has 1 fully saturated rings. The van der Waals surface area contributed by atoms with Crippen molar-refractivity contribution in [2.75, 3.05) is 0 Å². The number of fused-ring (bicyclic) bond motifs is 1. The van der Waals surface area contributed by atoms with Crippen LogP contribution in [0.3, 0.4) is 0 Å². The van der Waals surface area contributed by atoms with E-state index in [9.17, 15) is 4.79 Å². The van der Waals surface area contributed by atoms with Crippen molar-refractivity contribution >= 4 is 11.6 Å². The highest BCUT2D eigenvalue weighted by atomic mass is 16.1. The molecule has 3 aromatic rings. The number of nitrogens with one attached hydrogen (secondary N) is 1. The summed E-state index contributed by atoms with van der Waals surface area (Å²) in [5, 5.41) is 7.35. The Labute approximate surface area is 134 Å². The van der Waals surface area contributed by atoms with Crippen molar-refractivity contribution in [3.8, 4) is 0 Å². The van der Waals surface area contributed by atoms with Gasteiger partial charge in [-0.15, -0.1) is 0 Å². The second-order valence-corrected chi connectivity index (χ2v) is 6.07. The van der Waals surface area contributed by atoms with Crippen molar-refractivity contribution in [1.82, 2.24) is 19.9 Å². The molecular formula is C18H18N4O. The Morgan fingerprint density at radius 3 is 2.78 bits per heavy atom. The molecule has 5 nitrogen and oxygen atoms in total. The van der Waals surface area contributed by atoms with Crippen LogP contribution in [0.25, 0.3) is 5.65 Å². The van der Waals surface area contributed by atoms with Gasteiger partial charge in [-0.05, 0) is 31.4 Å². The van der Waals surface area contributed by atoms with E-state index in [0.717, 1.165) is 18.5 Å². The number of carbonyl (C=O) groups excluding carboxylic acids is 1. The summed E-state index contributed by atoms with van der Waals surface area (Å²) in [7, 11) is 0. The number of amides is 1. The predicted molar refractivity (Wildman–Crippen MR) is 87.4 cm³/mol. The van der Waals surface area contributed by atoms with Crippen LogP contribution in [0, 0.1) is 6.92 Å². The zero-order valence-corrected chi connectivity index (χ0v) is 12.9. The van der Waals surface area contributed by atoms with E-state index in [2.05, 4.69) is 27.5 Å². The minimum Gasteiger partial charge on any atom is -0.349 e. The molecule has 1 aliphatic rings. The van der Waals surface area contributed by atoms with Crippen molar-refractivity contribution in [1.29, 1.82) is 0 Å². The van der Waals surface area contributed by atoms with Crippen LogP contribution in [-0.2, 0) is 0 Å². The summed E-state index contributed by atoms with van der Waals surface area (Å²) in [5.41, 5.74) is 3.31. The summed E-state index contributed by atoms with van der Waals surface area (Å²) in [6, 6.07) is 12.4. The lowest BCUT2D eigenvalue weighted by Crippen LogP contribution is -2.45. The molecule has 0 aliphatic heterocycles. The van der Waals surface area contributed by atoms with E-state index >= 15 is 0 Å². The number of hydrogen-bond donors (Lipinski definition) is 1. The minimum atomic E-state index is -0.0938.